The van der Waals surface area contributed by atoms with Crippen molar-refractivity contribution in [3.8, 4) is 0 Å². The Morgan fingerprint density at radius 3 is 2.43 bits per heavy atom. The number of nitrogens with zero attached hydrogens (tertiary/aromatic N) is 2. The van der Waals surface area contributed by atoms with Crippen LogP contribution in [0, 0.1) is 6.92 Å². The number of aryl methyl sites for hydroxylation is 1. The Balaban J connectivity index is 1.58. The molecule has 4 rings (SSSR count). The van der Waals surface area contributed by atoms with Gasteiger partial charge in [0.1, 0.15) is 10.7 Å². The van der Waals surface area contributed by atoms with E-state index in [4.69, 9.17) is 0 Å². The van der Waals surface area contributed by atoms with E-state index in [-0.39, 0.29) is 10.9 Å². The van der Waals surface area contributed by atoms with Gasteiger partial charge in [0.2, 0.25) is 10.0 Å². The lowest BCUT2D eigenvalue weighted by Gasteiger charge is -2.20. The highest BCUT2D eigenvalue weighted by Crippen LogP contribution is 2.30. The lowest BCUT2D eigenvalue weighted by Crippen LogP contribution is -2.28. The molecule has 0 bridgehead atoms. The van der Waals surface area contributed by atoms with E-state index in [1.54, 1.807) is 23.5 Å². The lowest BCUT2D eigenvalue weighted by molar-refractivity contribution is 0.477. The smallest absolute Gasteiger partial charge is 0.244 e. The number of thiophene rings is 1. The molecule has 0 radical (unpaired) electrons. The fourth-order valence-electron chi connectivity index (χ4n) is 3.38. The van der Waals surface area contributed by atoms with E-state index < -0.39 is 10.0 Å². The molecule has 2 aromatic heterocycles. The molecule has 1 fully saturated rings. The first kappa shape index (κ1) is 19.1. The number of hydrogen-bond acceptors (Lipinski definition) is 5. The van der Waals surface area contributed by atoms with E-state index in [9.17, 15) is 8.42 Å². The molecule has 1 aliphatic heterocycles. The number of hydrogen-bond donors (Lipinski definition) is 1. The highest BCUT2D eigenvalue weighted by molar-refractivity contribution is 7.89. The second-order valence-electron chi connectivity index (χ2n) is 6.99. The number of pyridine rings is 1. The number of nitrogens with one attached hydrogen (secondary N) is 1. The van der Waals surface area contributed by atoms with Crippen LogP contribution in [0.5, 0.6) is 0 Å². The van der Waals surface area contributed by atoms with Gasteiger partial charge in [-0.1, -0.05) is 35.9 Å². The average molecular weight is 414 g/mol. The highest BCUT2D eigenvalue weighted by atomic mass is 32.2. The van der Waals surface area contributed by atoms with Crippen LogP contribution in [0.2, 0.25) is 0 Å². The van der Waals surface area contributed by atoms with Crippen LogP contribution in [-0.4, -0.2) is 30.8 Å². The van der Waals surface area contributed by atoms with E-state index in [1.165, 1.54) is 20.9 Å². The number of aromatic nitrogens is 1. The third-order valence-electron chi connectivity index (χ3n) is 4.97. The summed E-state index contributed by atoms with van der Waals surface area (Å²) in [5, 5.41) is 5.51. The maximum absolute atomic E-state index is 12.7. The van der Waals surface area contributed by atoms with Crippen molar-refractivity contribution in [2.24, 2.45) is 0 Å². The summed E-state index contributed by atoms with van der Waals surface area (Å²) in [4.78, 5) is 5.83. The van der Waals surface area contributed by atoms with Crippen molar-refractivity contribution in [3.63, 3.8) is 0 Å². The average Bonchev–Trinajstić information content (AvgIpc) is 3.41. The van der Waals surface area contributed by atoms with Gasteiger partial charge >= 0.3 is 0 Å². The van der Waals surface area contributed by atoms with Crippen LogP contribution in [0.1, 0.15) is 34.9 Å². The van der Waals surface area contributed by atoms with Crippen molar-refractivity contribution in [1.82, 2.24) is 9.29 Å². The predicted molar refractivity (Wildman–Crippen MR) is 113 cm³/mol. The zero-order valence-electron chi connectivity index (χ0n) is 15.7. The largest absolute Gasteiger partial charge is 0.358 e. The molecule has 1 saturated heterocycles. The first-order valence-corrected chi connectivity index (χ1v) is 11.7. The van der Waals surface area contributed by atoms with Gasteiger partial charge in [0.05, 0.1) is 6.04 Å². The van der Waals surface area contributed by atoms with Gasteiger partial charge in [-0.15, -0.1) is 11.3 Å². The fourth-order valence-corrected chi connectivity index (χ4v) is 5.64. The Morgan fingerprint density at radius 1 is 1.07 bits per heavy atom. The molecule has 1 aliphatic rings. The van der Waals surface area contributed by atoms with E-state index in [0.717, 1.165) is 18.4 Å². The summed E-state index contributed by atoms with van der Waals surface area (Å²) in [5.41, 5.74) is 2.35. The standard InChI is InChI=1S/C21H23N3O2S2/c1-16-6-8-17(9-7-16)21(19-5-4-14-27-19)23-20-11-10-18(15-22-20)28(25,26)24-12-2-3-13-24/h4-11,14-15,21H,2-3,12-13H2,1H3,(H,22,23)/t21-/m1/s1. The van der Waals surface area contributed by atoms with Gasteiger partial charge in [0.15, 0.2) is 0 Å². The van der Waals surface area contributed by atoms with Crippen LogP contribution in [-0.2, 0) is 10.0 Å². The number of sulfonamides is 1. The van der Waals surface area contributed by atoms with E-state index in [2.05, 4.69) is 52.9 Å². The normalized spacial score (nSPS) is 16.2. The second kappa shape index (κ2) is 8.03. The molecular formula is C21H23N3O2S2. The molecule has 1 atom stereocenters. The van der Waals surface area contributed by atoms with Gasteiger partial charge in [-0.05, 0) is 48.9 Å². The second-order valence-corrected chi connectivity index (χ2v) is 9.91. The molecule has 3 heterocycles. The Labute approximate surface area is 170 Å². The van der Waals surface area contributed by atoms with Crippen LogP contribution in [0.25, 0.3) is 0 Å². The van der Waals surface area contributed by atoms with Gasteiger partial charge in [-0.2, -0.15) is 4.31 Å². The minimum atomic E-state index is -3.44. The van der Waals surface area contributed by atoms with Crippen LogP contribution in [0.4, 0.5) is 5.82 Å². The Hall–Kier alpha value is -2.22. The SMILES string of the molecule is Cc1ccc([C@@H](Nc2ccc(S(=O)(=O)N3CCCC3)cn2)c2cccs2)cc1. The molecule has 0 spiro atoms. The summed E-state index contributed by atoms with van der Waals surface area (Å²) >= 11 is 1.68. The molecule has 5 nitrogen and oxygen atoms in total. The van der Waals surface area contributed by atoms with Gasteiger partial charge in [-0.25, -0.2) is 13.4 Å². The van der Waals surface area contributed by atoms with Crippen LogP contribution >= 0.6 is 11.3 Å². The van der Waals surface area contributed by atoms with Crippen LogP contribution in [0.15, 0.2) is 65.0 Å². The fraction of sp³-hybridized carbons (Fsp3) is 0.286. The van der Waals surface area contributed by atoms with Crippen molar-refractivity contribution in [1.29, 1.82) is 0 Å². The highest BCUT2D eigenvalue weighted by Gasteiger charge is 2.27. The number of anilines is 1. The maximum atomic E-state index is 12.7. The maximum Gasteiger partial charge on any atom is 0.244 e. The first-order chi connectivity index (χ1) is 13.5. The zero-order valence-corrected chi connectivity index (χ0v) is 17.3. The van der Waals surface area contributed by atoms with Crippen molar-refractivity contribution in [3.05, 3.63) is 76.1 Å². The summed E-state index contributed by atoms with van der Waals surface area (Å²) in [6, 6.07) is 15.9. The topological polar surface area (TPSA) is 62.3 Å². The minimum absolute atomic E-state index is 0.0332. The van der Waals surface area contributed by atoms with E-state index >= 15 is 0 Å². The zero-order chi connectivity index (χ0) is 19.6. The number of rotatable bonds is 6. The van der Waals surface area contributed by atoms with E-state index in [0.29, 0.717) is 18.9 Å². The molecule has 0 amide bonds. The number of benzene rings is 1. The molecule has 0 aliphatic carbocycles. The summed E-state index contributed by atoms with van der Waals surface area (Å²) in [7, 11) is -3.44. The predicted octanol–water partition coefficient (Wildman–Crippen LogP) is 4.44. The molecule has 3 aromatic rings. The molecule has 146 valence electrons. The quantitative estimate of drug-likeness (QED) is 0.649. The van der Waals surface area contributed by atoms with Gasteiger partial charge in [-0.3, -0.25) is 0 Å². The van der Waals surface area contributed by atoms with Crippen molar-refractivity contribution in [2.45, 2.75) is 30.7 Å². The van der Waals surface area contributed by atoms with Crippen LogP contribution < -0.4 is 5.32 Å². The van der Waals surface area contributed by atoms with E-state index in [1.807, 2.05) is 6.07 Å². The van der Waals surface area contributed by atoms with Gasteiger partial charge in [0, 0.05) is 24.2 Å². The van der Waals surface area contributed by atoms with Crippen LogP contribution in [0.3, 0.4) is 0 Å². The third kappa shape index (κ3) is 3.97. The monoisotopic (exact) mass is 413 g/mol. The van der Waals surface area contributed by atoms with Gasteiger partial charge in [0.25, 0.3) is 0 Å². The Kier molecular flexibility index (Phi) is 5.48. The molecule has 1 N–H and O–H groups in total. The molecule has 28 heavy (non-hydrogen) atoms. The van der Waals surface area contributed by atoms with Gasteiger partial charge < -0.3 is 5.32 Å². The molecule has 0 unspecified atom stereocenters. The third-order valence-corrected chi connectivity index (χ3v) is 7.79. The Morgan fingerprint density at radius 2 is 1.82 bits per heavy atom. The van der Waals surface area contributed by atoms with Crippen molar-refractivity contribution < 1.29 is 8.42 Å². The first-order valence-electron chi connectivity index (χ1n) is 9.37. The Bertz CT molecular complexity index is 1010. The minimum Gasteiger partial charge on any atom is -0.358 e. The molecule has 1 aromatic carbocycles. The molecular weight excluding hydrogens is 390 g/mol. The summed E-state index contributed by atoms with van der Waals surface area (Å²) < 4.78 is 26.9. The molecule has 0 saturated carbocycles. The lowest BCUT2D eigenvalue weighted by atomic mass is 10.0. The summed E-state index contributed by atoms with van der Waals surface area (Å²) in [6.07, 6.45) is 3.30. The summed E-state index contributed by atoms with van der Waals surface area (Å²) in [6.45, 7) is 3.25. The summed E-state index contributed by atoms with van der Waals surface area (Å²) in [5.74, 6) is 0.652. The molecule has 7 heteroatoms. The van der Waals surface area contributed by atoms with Crippen molar-refractivity contribution in [2.75, 3.05) is 18.4 Å². The van der Waals surface area contributed by atoms with Crippen molar-refractivity contribution >= 4 is 27.2 Å².